The van der Waals surface area contributed by atoms with Crippen LogP contribution < -0.4 is 16.4 Å². The number of nitrogen functional groups attached to an aromatic ring is 1. The number of halogens is 2. The van der Waals surface area contributed by atoms with Gasteiger partial charge in [-0.15, -0.1) is 0 Å². The number of nitrogens with one attached hydrogen (secondary N) is 2. The Bertz CT molecular complexity index is 583. The van der Waals surface area contributed by atoms with Crippen LogP contribution >= 0.6 is 0 Å². The molecule has 5 nitrogen and oxygen atoms in total. The highest BCUT2D eigenvalue weighted by Crippen LogP contribution is 2.20. The highest BCUT2D eigenvalue weighted by Gasteiger charge is 2.05. The van der Waals surface area contributed by atoms with Crippen molar-refractivity contribution >= 4 is 23.3 Å². The topological polar surface area (TPSA) is 75.9 Å². The van der Waals surface area contributed by atoms with Crippen LogP contribution in [-0.2, 0) is 0 Å². The molecule has 1 heterocycles. The van der Waals surface area contributed by atoms with Crippen LogP contribution in [0.4, 0.5) is 32.1 Å². The molecule has 0 fully saturated rings. The third-order valence-corrected chi connectivity index (χ3v) is 2.43. The number of nitrogens with zero attached hydrogens (tertiary/aromatic N) is 2. The van der Waals surface area contributed by atoms with Gasteiger partial charge in [-0.3, -0.25) is 0 Å². The van der Waals surface area contributed by atoms with E-state index in [1.54, 1.807) is 6.07 Å². The summed E-state index contributed by atoms with van der Waals surface area (Å²) in [6, 6.07) is 4.75. The molecule has 0 amide bonds. The maximum atomic E-state index is 13.1. The zero-order valence-corrected chi connectivity index (χ0v) is 11.0. The number of rotatable bonds is 5. The fourth-order valence-corrected chi connectivity index (χ4v) is 1.65. The number of aromatic nitrogens is 2. The van der Waals surface area contributed by atoms with Crippen molar-refractivity contribution in [1.29, 1.82) is 0 Å². The summed E-state index contributed by atoms with van der Waals surface area (Å²) in [5.74, 6) is -0.344. The van der Waals surface area contributed by atoms with Crippen molar-refractivity contribution in [2.75, 3.05) is 22.9 Å². The van der Waals surface area contributed by atoms with Crippen LogP contribution in [-0.4, -0.2) is 16.5 Å². The van der Waals surface area contributed by atoms with Gasteiger partial charge in [-0.1, -0.05) is 6.92 Å². The molecule has 1 aromatic carbocycles. The second-order valence-electron chi connectivity index (χ2n) is 4.21. The SMILES string of the molecule is CCCNc1cc(Nc2cc(F)cc(F)c2)nc(N)n1. The molecule has 2 rings (SSSR count). The smallest absolute Gasteiger partial charge is 0.223 e. The molecule has 2 aromatic rings. The predicted octanol–water partition coefficient (Wildman–Crippen LogP) is 2.90. The molecule has 0 atom stereocenters. The van der Waals surface area contributed by atoms with E-state index in [0.29, 0.717) is 11.6 Å². The van der Waals surface area contributed by atoms with Crippen LogP contribution in [0.1, 0.15) is 13.3 Å². The van der Waals surface area contributed by atoms with E-state index in [2.05, 4.69) is 20.6 Å². The van der Waals surface area contributed by atoms with Crippen LogP contribution in [0.25, 0.3) is 0 Å². The Morgan fingerprint density at radius 1 is 1.05 bits per heavy atom. The summed E-state index contributed by atoms with van der Waals surface area (Å²) < 4.78 is 26.2. The largest absolute Gasteiger partial charge is 0.370 e. The molecule has 0 bridgehead atoms. The zero-order chi connectivity index (χ0) is 14.5. The molecule has 0 aliphatic carbocycles. The second kappa shape index (κ2) is 6.14. The first-order valence-corrected chi connectivity index (χ1v) is 6.18. The normalized spacial score (nSPS) is 10.3. The molecule has 0 aliphatic heterocycles. The molecule has 106 valence electrons. The van der Waals surface area contributed by atoms with Gasteiger partial charge in [-0.2, -0.15) is 9.97 Å². The molecule has 20 heavy (non-hydrogen) atoms. The lowest BCUT2D eigenvalue weighted by Gasteiger charge is -2.09. The molecule has 0 saturated carbocycles. The van der Waals surface area contributed by atoms with Gasteiger partial charge in [-0.05, 0) is 18.6 Å². The minimum atomic E-state index is -0.668. The van der Waals surface area contributed by atoms with E-state index in [0.717, 1.165) is 19.0 Å². The van der Waals surface area contributed by atoms with Crippen molar-refractivity contribution in [3.8, 4) is 0 Å². The lowest BCUT2D eigenvalue weighted by atomic mass is 10.3. The molecule has 0 saturated heterocycles. The van der Waals surface area contributed by atoms with Gasteiger partial charge in [0.1, 0.15) is 23.3 Å². The highest BCUT2D eigenvalue weighted by atomic mass is 19.1. The standard InChI is InChI=1S/C13H15F2N5/c1-2-3-17-11-7-12(20-13(16)19-11)18-10-5-8(14)4-9(15)6-10/h4-7H,2-3H2,1H3,(H4,16,17,18,19,20). The van der Waals surface area contributed by atoms with Gasteiger partial charge in [0.15, 0.2) is 0 Å². The van der Waals surface area contributed by atoms with Crippen LogP contribution in [0.5, 0.6) is 0 Å². The predicted molar refractivity (Wildman–Crippen MR) is 74.9 cm³/mol. The summed E-state index contributed by atoms with van der Waals surface area (Å²) in [4.78, 5) is 7.98. The molecular weight excluding hydrogens is 264 g/mol. The molecule has 4 N–H and O–H groups in total. The Labute approximate surface area is 115 Å². The summed E-state index contributed by atoms with van der Waals surface area (Å²) in [5.41, 5.74) is 5.85. The molecule has 7 heteroatoms. The van der Waals surface area contributed by atoms with E-state index >= 15 is 0 Å². The van der Waals surface area contributed by atoms with Crippen LogP contribution in [0, 0.1) is 11.6 Å². The summed E-state index contributed by atoms with van der Waals surface area (Å²) in [6.07, 6.45) is 0.932. The maximum absolute atomic E-state index is 13.1. The van der Waals surface area contributed by atoms with E-state index in [1.807, 2.05) is 6.92 Å². The van der Waals surface area contributed by atoms with Crippen LogP contribution in [0.2, 0.25) is 0 Å². The Morgan fingerprint density at radius 2 is 1.70 bits per heavy atom. The average molecular weight is 279 g/mol. The number of hydrogen-bond acceptors (Lipinski definition) is 5. The van der Waals surface area contributed by atoms with Crippen molar-refractivity contribution in [1.82, 2.24) is 9.97 Å². The van der Waals surface area contributed by atoms with Crippen molar-refractivity contribution in [3.05, 3.63) is 35.9 Å². The van der Waals surface area contributed by atoms with E-state index in [-0.39, 0.29) is 11.6 Å². The number of hydrogen-bond donors (Lipinski definition) is 3. The van der Waals surface area contributed by atoms with E-state index < -0.39 is 11.6 Å². The van der Waals surface area contributed by atoms with Crippen molar-refractivity contribution in [2.45, 2.75) is 13.3 Å². The third-order valence-electron chi connectivity index (χ3n) is 2.43. The summed E-state index contributed by atoms with van der Waals surface area (Å²) >= 11 is 0. The van der Waals surface area contributed by atoms with E-state index in [9.17, 15) is 8.78 Å². The minimum absolute atomic E-state index is 0.0745. The number of nitrogens with two attached hydrogens (primary N) is 1. The van der Waals surface area contributed by atoms with Gasteiger partial charge < -0.3 is 16.4 Å². The summed E-state index contributed by atoms with van der Waals surface area (Å²) in [6.45, 7) is 2.76. The van der Waals surface area contributed by atoms with Gasteiger partial charge >= 0.3 is 0 Å². The van der Waals surface area contributed by atoms with Gasteiger partial charge in [0.2, 0.25) is 5.95 Å². The lowest BCUT2D eigenvalue weighted by Crippen LogP contribution is -2.07. The fourth-order valence-electron chi connectivity index (χ4n) is 1.65. The van der Waals surface area contributed by atoms with Crippen LogP contribution in [0.3, 0.4) is 0 Å². The van der Waals surface area contributed by atoms with Gasteiger partial charge in [0, 0.05) is 24.4 Å². The third kappa shape index (κ3) is 3.78. The van der Waals surface area contributed by atoms with Gasteiger partial charge in [0.05, 0.1) is 0 Å². The first-order valence-electron chi connectivity index (χ1n) is 6.18. The van der Waals surface area contributed by atoms with Gasteiger partial charge in [0.25, 0.3) is 0 Å². The molecule has 0 aliphatic rings. The number of anilines is 4. The molecule has 0 spiro atoms. The van der Waals surface area contributed by atoms with Crippen molar-refractivity contribution < 1.29 is 8.78 Å². The lowest BCUT2D eigenvalue weighted by molar-refractivity contribution is 0.584. The highest BCUT2D eigenvalue weighted by molar-refractivity contribution is 5.60. The van der Waals surface area contributed by atoms with Gasteiger partial charge in [-0.25, -0.2) is 8.78 Å². The minimum Gasteiger partial charge on any atom is -0.370 e. The fraction of sp³-hybridized carbons (Fsp3) is 0.231. The summed E-state index contributed by atoms with van der Waals surface area (Å²) in [5, 5.41) is 5.86. The Morgan fingerprint density at radius 3 is 2.35 bits per heavy atom. The van der Waals surface area contributed by atoms with Crippen LogP contribution in [0.15, 0.2) is 24.3 Å². The summed E-state index contributed by atoms with van der Waals surface area (Å²) in [7, 11) is 0. The average Bonchev–Trinajstić information content (AvgIpc) is 2.34. The monoisotopic (exact) mass is 279 g/mol. The molecule has 1 aromatic heterocycles. The first-order chi connectivity index (χ1) is 9.56. The Balaban J connectivity index is 2.21. The Kier molecular flexibility index (Phi) is 4.29. The van der Waals surface area contributed by atoms with Crippen molar-refractivity contribution in [2.24, 2.45) is 0 Å². The molecule has 0 unspecified atom stereocenters. The quantitative estimate of drug-likeness (QED) is 0.784. The second-order valence-corrected chi connectivity index (χ2v) is 4.21. The first kappa shape index (κ1) is 14.0. The van der Waals surface area contributed by atoms with E-state index in [4.69, 9.17) is 5.73 Å². The molecule has 0 radical (unpaired) electrons. The number of benzene rings is 1. The molecular formula is C13H15F2N5. The van der Waals surface area contributed by atoms with Crippen molar-refractivity contribution in [3.63, 3.8) is 0 Å². The zero-order valence-electron chi connectivity index (χ0n) is 11.0. The maximum Gasteiger partial charge on any atom is 0.223 e. The Hall–Kier alpha value is -2.44. The van der Waals surface area contributed by atoms with E-state index in [1.165, 1.54) is 12.1 Å².